The maximum atomic E-state index is 13.4. The van der Waals surface area contributed by atoms with E-state index in [0.29, 0.717) is 35.0 Å². The fraction of sp³-hybridized carbons (Fsp3) is 0.548. The third kappa shape index (κ3) is 6.84. The lowest BCUT2D eigenvalue weighted by Crippen LogP contribution is -2.36. The number of aromatic nitrogens is 1. The van der Waals surface area contributed by atoms with Gasteiger partial charge < -0.3 is 20.5 Å². The number of carbonyl (C=O) groups is 1. The smallest absolute Gasteiger partial charge is 0.253 e. The van der Waals surface area contributed by atoms with Crippen LogP contribution in [-0.2, 0) is 6.54 Å². The van der Waals surface area contributed by atoms with Crippen LogP contribution in [-0.4, -0.2) is 42.0 Å². The van der Waals surface area contributed by atoms with Crippen LogP contribution in [0, 0.1) is 44.4 Å². The van der Waals surface area contributed by atoms with Crippen molar-refractivity contribution in [3.05, 3.63) is 62.1 Å². The summed E-state index contributed by atoms with van der Waals surface area (Å²) in [5.74, 6) is 7.54. The summed E-state index contributed by atoms with van der Waals surface area (Å²) in [6.07, 6.45) is 7.18. The summed E-state index contributed by atoms with van der Waals surface area (Å²) in [4.78, 5) is 31.0. The summed E-state index contributed by atoms with van der Waals surface area (Å²) in [5.41, 5.74) is 5.48. The van der Waals surface area contributed by atoms with Gasteiger partial charge in [-0.25, -0.2) is 0 Å². The van der Waals surface area contributed by atoms with Crippen molar-refractivity contribution in [3.63, 3.8) is 0 Å². The first-order chi connectivity index (χ1) is 17.6. The van der Waals surface area contributed by atoms with Crippen molar-refractivity contribution in [3.8, 4) is 11.8 Å². The van der Waals surface area contributed by atoms with Crippen molar-refractivity contribution in [1.29, 1.82) is 0 Å². The van der Waals surface area contributed by atoms with E-state index in [9.17, 15) is 9.59 Å². The molecule has 0 radical (unpaired) electrons. The zero-order chi connectivity index (χ0) is 26.7. The standard InChI is InChI=1S/C31H42N4O2/c1-19-15-20(2)33-31(37)28(19)18-32-30(36)27-16-24(10-9-23-7-8-23)17-29(21(27)3)34-22(4)25-11-13-26(14-12-25)35(5)6/h15-17,22-23,25-26,34H,7-8,11-14,18H2,1-6H3,(H,32,36)(H,33,37). The highest BCUT2D eigenvalue weighted by atomic mass is 16.1. The number of rotatable bonds is 7. The fourth-order valence-electron chi connectivity index (χ4n) is 5.43. The minimum atomic E-state index is -0.186. The molecule has 6 heteroatoms. The quantitative estimate of drug-likeness (QED) is 0.470. The van der Waals surface area contributed by atoms with Crippen molar-refractivity contribution >= 4 is 11.6 Å². The molecule has 1 amide bonds. The molecule has 0 saturated heterocycles. The molecule has 198 valence electrons. The van der Waals surface area contributed by atoms with Crippen LogP contribution in [0.4, 0.5) is 5.69 Å². The summed E-state index contributed by atoms with van der Waals surface area (Å²) in [6.45, 7) is 8.20. The second-order valence-electron chi connectivity index (χ2n) is 11.3. The lowest BCUT2D eigenvalue weighted by atomic mass is 9.81. The monoisotopic (exact) mass is 502 g/mol. The van der Waals surface area contributed by atoms with Gasteiger partial charge in [0.05, 0.1) is 0 Å². The van der Waals surface area contributed by atoms with Crippen LogP contribution in [0.25, 0.3) is 0 Å². The molecule has 4 rings (SSSR count). The number of nitrogens with zero attached hydrogens (tertiary/aromatic N) is 1. The maximum absolute atomic E-state index is 13.4. The largest absolute Gasteiger partial charge is 0.382 e. The molecule has 2 saturated carbocycles. The van der Waals surface area contributed by atoms with Gasteiger partial charge in [-0.15, -0.1) is 0 Å². The molecular formula is C31H42N4O2. The van der Waals surface area contributed by atoms with E-state index in [2.05, 4.69) is 59.4 Å². The van der Waals surface area contributed by atoms with Gasteiger partial charge in [-0.05, 0) is 116 Å². The van der Waals surface area contributed by atoms with E-state index in [0.717, 1.165) is 40.9 Å². The lowest BCUT2D eigenvalue weighted by molar-refractivity contribution is 0.0950. The number of aromatic amines is 1. The third-order valence-electron chi connectivity index (χ3n) is 8.13. The predicted octanol–water partition coefficient (Wildman–Crippen LogP) is 4.91. The maximum Gasteiger partial charge on any atom is 0.253 e. The number of hydrogen-bond donors (Lipinski definition) is 3. The SMILES string of the molecule is Cc1cc(C)c(CNC(=O)c2cc(C#CC3CC3)cc(NC(C)C3CCC(N(C)C)CC3)c2C)c(=O)[nH]1. The van der Waals surface area contributed by atoms with Gasteiger partial charge >= 0.3 is 0 Å². The second kappa shape index (κ2) is 11.6. The van der Waals surface area contributed by atoms with E-state index in [4.69, 9.17) is 0 Å². The van der Waals surface area contributed by atoms with E-state index in [1.54, 1.807) is 0 Å². The molecule has 1 heterocycles. The molecule has 37 heavy (non-hydrogen) atoms. The van der Waals surface area contributed by atoms with E-state index < -0.39 is 0 Å². The average Bonchev–Trinajstić information content (AvgIpc) is 3.68. The average molecular weight is 503 g/mol. The summed E-state index contributed by atoms with van der Waals surface area (Å²) >= 11 is 0. The second-order valence-corrected chi connectivity index (χ2v) is 11.3. The number of amides is 1. The molecule has 2 aliphatic carbocycles. The van der Waals surface area contributed by atoms with Gasteiger partial charge in [-0.1, -0.05) is 11.8 Å². The number of aryl methyl sites for hydroxylation is 2. The zero-order valence-corrected chi connectivity index (χ0v) is 23.3. The van der Waals surface area contributed by atoms with Crippen LogP contribution in [0.3, 0.4) is 0 Å². The Kier molecular flexibility index (Phi) is 8.44. The molecule has 2 aromatic rings. The molecule has 3 N–H and O–H groups in total. The minimum absolute atomic E-state index is 0.154. The Balaban J connectivity index is 1.54. The van der Waals surface area contributed by atoms with Gasteiger partial charge in [0.1, 0.15) is 0 Å². The number of anilines is 1. The van der Waals surface area contributed by atoms with E-state index in [-0.39, 0.29) is 18.0 Å². The Bertz CT molecular complexity index is 1250. The molecule has 6 nitrogen and oxygen atoms in total. The van der Waals surface area contributed by atoms with Crippen LogP contribution in [0.1, 0.15) is 83.8 Å². The van der Waals surface area contributed by atoms with Crippen molar-refractivity contribution in [2.24, 2.45) is 11.8 Å². The van der Waals surface area contributed by atoms with Gasteiger partial charge in [-0.2, -0.15) is 0 Å². The zero-order valence-electron chi connectivity index (χ0n) is 23.3. The molecule has 1 unspecified atom stereocenters. The number of benzene rings is 1. The summed E-state index contributed by atoms with van der Waals surface area (Å²) < 4.78 is 0. The fourth-order valence-corrected chi connectivity index (χ4v) is 5.43. The van der Waals surface area contributed by atoms with Crippen molar-refractivity contribution in [2.75, 3.05) is 19.4 Å². The predicted molar refractivity (Wildman–Crippen MR) is 151 cm³/mol. The van der Waals surface area contributed by atoms with Crippen molar-refractivity contribution in [1.82, 2.24) is 15.2 Å². The minimum Gasteiger partial charge on any atom is -0.382 e. The number of pyridine rings is 1. The highest BCUT2D eigenvalue weighted by Crippen LogP contribution is 2.32. The van der Waals surface area contributed by atoms with E-state index in [1.165, 1.54) is 25.7 Å². The molecule has 0 aliphatic heterocycles. The lowest BCUT2D eigenvalue weighted by Gasteiger charge is -2.36. The van der Waals surface area contributed by atoms with Crippen molar-refractivity contribution in [2.45, 2.75) is 84.8 Å². The summed E-state index contributed by atoms with van der Waals surface area (Å²) in [6, 6.07) is 6.89. The Labute approximate surface area is 221 Å². The van der Waals surface area contributed by atoms with E-state index in [1.807, 2.05) is 32.9 Å². The summed E-state index contributed by atoms with van der Waals surface area (Å²) in [5, 5.41) is 6.73. The van der Waals surface area contributed by atoms with Gasteiger partial charge in [-0.3, -0.25) is 9.59 Å². The molecule has 2 fully saturated rings. The van der Waals surface area contributed by atoms with Crippen LogP contribution in [0.5, 0.6) is 0 Å². The molecular weight excluding hydrogens is 460 g/mol. The van der Waals surface area contributed by atoms with Crippen molar-refractivity contribution < 1.29 is 4.79 Å². The Morgan fingerprint density at radius 3 is 2.41 bits per heavy atom. The summed E-state index contributed by atoms with van der Waals surface area (Å²) in [7, 11) is 4.35. The molecule has 1 aromatic carbocycles. The molecule has 0 bridgehead atoms. The van der Waals surface area contributed by atoms with Crippen LogP contribution >= 0.6 is 0 Å². The number of hydrogen-bond acceptors (Lipinski definition) is 4. The van der Waals surface area contributed by atoms with Gasteiger partial charge in [0, 0.05) is 52.6 Å². The van der Waals surface area contributed by atoms with Gasteiger partial charge in [0.25, 0.3) is 11.5 Å². The first-order valence-corrected chi connectivity index (χ1v) is 13.7. The Morgan fingerprint density at radius 1 is 1.08 bits per heavy atom. The van der Waals surface area contributed by atoms with Crippen LogP contribution in [0.2, 0.25) is 0 Å². The highest BCUT2D eigenvalue weighted by molar-refractivity contribution is 5.97. The normalized spacial score (nSPS) is 20.2. The van der Waals surface area contributed by atoms with Crippen LogP contribution in [0.15, 0.2) is 23.0 Å². The molecule has 1 aromatic heterocycles. The highest BCUT2D eigenvalue weighted by Gasteiger charge is 2.27. The van der Waals surface area contributed by atoms with Gasteiger partial charge in [0.15, 0.2) is 0 Å². The first kappa shape index (κ1) is 27.0. The number of nitrogens with one attached hydrogen (secondary N) is 3. The first-order valence-electron chi connectivity index (χ1n) is 13.7. The third-order valence-corrected chi connectivity index (χ3v) is 8.13. The van der Waals surface area contributed by atoms with Crippen LogP contribution < -0.4 is 16.2 Å². The molecule has 2 aliphatic rings. The Hall–Kier alpha value is -3.04. The number of carbonyl (C=O) groups excluding carboxylic acids is 1. The number of H-pyrrole nitrogens is 1. The van der Waals surface area contributed by atoms with Gasteiger partial charge in [0.2, 0.25) is 0 Å². The molecule has 0 spiro atoms. The Morgan fingerprint density at radius 2 is 1.78 bits per heavy atom. The topological polar surface area (TPSA) is 77.2 Å². The van der Waals surface area contributed by atoms with E-state index >= 15 is 0 Å². The molecule has 1 atom stereocenters.